The maximum Gasteiger partial charge on any atom is 0.255 e. The smallest absolute Gasteiger partial charge is 0.255 e. The Morgan fingerprint density at radius 3 is 2.52 bits per heavy atom. The molecule has 0 saturated carbocycles. The van der Waals surface area contributed by atoms with Gasteiger partial charge in [0.25, 0.3) is 5.91 Å². The van der Waals surface area contributed by atoms with Crippen LogP contribution in [-0.2, 0) is 20.8 Å². The number of benzene rings is 2. The van der Waals surface area contributed by atoms with E-state index in [-0.39, 0.29) is 49.3 Å². The van der Waals surface area contributed by atoms with Crippen LogP contribution in [0.3, 0.4) is 0 Å². The van der Waals surface area contributed by atoms with Crippen LogP contribution in [0.5, 0.6) is 17.2 Å². The lowest BCUT2D eigenvalue weighted by molar-refractivity contribution is -0.137. The van der Waals surface area contributed by atoms with Crippen molar-refractivity contribution < 1.29 is 33.4 Å². The second kappa shape index (κ2) is 15.6. The molecule has 2 aromatic rings. The van der Waals surface area contributed by atoms with Crippen LogP contribution in [0.25, 0.3) is 0 Å². The van der Waals surface area contributed by atoms with Crippen LogP contribution in [0.4, 0.5) is 0 Å². The van der Waals surface area contributed by atoms with Crippen molar-refractivity contribution in [1.82, 2.24) is 20.9 Å². The van der Waals surface area contributed by atoms with Crippen LogP contribution in [0.15, 0.2) is 42.5 Å². The number of hydrogen-bond donors (Lipinski definition) is 3. The number of rotatable bonds is 8. The SMILES string of the molecule is COc1ccc(CCCNC(=O)[C@@H]2CCC(=O)N[C@@H](C(C)C)C(=O)N(C)CCOc3ccccc3C(=O)N2)cc1OC. The maximum atomic E-state index is 13.3. The molecule has 1 heterocycles. The van der Waals surface area contributed by atoms with Crippen molar-refractivity contribution in [3.63, 3.8) is 0 Å². The minimum atomic E-state index is -0.974. The number of carbonyl (C=O) groups excluding carboxylic acids is 4. The van der Waals surface area contributed by atoms with Gasteiger partial charge < -0.3 is 35.1 Å². The molecule has 11 nitrogen and oxygen atoms in total. The molecule has 0 saturated heterocycles. The summed E-state index contributed by atoms with van der Waals surface area (Å²) < 4.78 is 16.5. The number of likely N-dealkylation sites (N-methyl/N-ethyl adjacent to an activating group) is 1. The van der Waals surface area contributed by atoms with Crippen molar-refractivity contribution in [2.75, 3.05) is 41.0 Å². The van der Waals surface area contributed by atoms with Gasteiger partial charge in [-0.05, 0) is 55.0 Å². The van der Waals surface area contributed by atoms with Crippen molar-refractivity contribution >= 4 is 23.6 Å². The summed E-state index contributed by atoms with van der Waals surface area (Å²) in [7, 11) is 4.80. The summed E-state index contributed by atoms with van der Waals surface area (Å²) >= 11 is 0. The average molecular weight is 583 g/mol. The number of hydrogen-bond acceptors (Lipinski definition) is 7. The second-order valence-corrected chi connectivity index (χ2v) is 10.5. The zero-order chi connectivity index (χ0) is 30.6. The number of methoxy groups -OCH3 is 2. The molecule has 0 bridgehead atoms. The standard InChI is InChI=1S/C31H42N4O7/c1-20(2)28-31(39)35(3)17-18-42-24-11-7-6-10-22(24)29(37)33-23(13-15-27(36)34-28)30(38)32-16-8-9-21-12-14-25(40-4)26(19-21)41-5/h6-7,10-12,14,19-20,23,28H,8-9,13,15-18H2,1-5H3,(H,32,38)(H,33,37)(H,34,36)/t23-,28-/m0/s1. The van der Waals surface area contributed by atoms with Gasteiger partial charge in [-0.3, -0.25) is 19.2 Å². The van der Waals surface area contributed by atoms with E-state index in [1.807, 2.05) is 32.0 Å². The molecule has 42 heavy (non-hydrogen) atoms. The normalized spacial score (nSPS) is 18.5. The van der Waals surface area contributed by atoms with E-state index >= 15 is 0 Å². The number of ether oxygens (including phenoxy) is 3. The quantitative estimate of drug-likeness (QED) is 0.407. The number of aryl methyl sites for hydroxylation is 1. The van der Waals surface area contributed by atoms with Gasteiger partial charge >= 0.3 is 0 Å². The highest BCUT2D eigenvalue weighted by Crippen LogP contribution is 2.28. The van der Waals surface area contributed by atoms with E-state index in [2.05, 4.69) is 16.0 Å². The van der Waals surface area contributed by atoms with Crippen LogP contribution in [-0.4, -0.2) is 81.6 Å². The van der Waals surface area contributed by atoms with Gasteiger partial charge in [-0.2, -0.15) is 0 Å². The molecular formula is C31H42N4O7. The fraction of sp³-hybridized carbons (Fsp3) is 0.484. The molecular weight excluding hydrogens is 540 g/mol. The van der Waals surface area contributed by atoms with Crippen molar-refractivity contribution in [3.05, 3.63) is 53.6 Å². The van der Waals surface area contributed by atoms with Gasteiger partial charge in [0.05, 0.1) is 26.3 Å². The summed E-state index contributed by atoms with van der Waals surface area (Å²) in [6, 6.07) is 10.7. The van der Waals surface area contributed by atoms with Crippen LogP contribution in [0.2, 0.25) is 0 Å². The molecule has 1 aliphatic heterocycles. The highest BCUT2D eigenvalue weighted by Gasteiger charge is 2.29. The summed E-state index contributed by atoms with van der Waals surface area (Å²) in [6.07, 6.45) is 1.33. The molecule has 3 rings (SSSR count). The number of fused-ring (bicyclic) bond motifs is 1. The van der Waals surface area contributed by atoms with Crippen LogP contribution >= 0.6 is 0 Å². The topological polar surface area (TPSA) is 135 Å². The molecule has 0 aromatic heterocycles. The highest BCUT2D eigenvalue weighted by molar-refractivity contribution is 5.99. The number of carbonyl (C=O) groups is 4. The third-order valence-corrected chi connectivity index (χ3v) is 7.11. The molecule has 4 amide bonds. The first-order valence-corrected chi connectivity index (χ1v) is 14.2. The Kier molecular flexibility index (Phi) is 12.0. The Morgan fingerprint density at radius 2 is 1.81 bits per heavy atom. The minimum absolute atomic E-state index is 0.0525. The molecule has 0 fully saturated rings. The minimum Gasteiger partial charge on any atom is -0.493 e. The Hall–Kier alpha value is -4.28. The molecule has 11 heteroatoms. The van der Waals surface area contributed by atoms with E-state index in [0.717, 1.165) is 5.56 Å². The maximum absolute atomic E-state index is 13.3. The molecule has 0 spiro atoms. The van der Waals surface area contributed by atoms with Crippen LogP contribution < -0.4 is 30.2 Å². The van der Waals surface area contributed by atoms with E-state index in [4.69, 9.17) is 14.2 Å². The Balaban J connectivity index is 1.72. The largest absolute Gasteiger partial charge is 0.493 e. The van der Waals surface area contributed by atoms with E-state index < -0.39 is 23.9 Å². The first-order valence-electron chi connectivity index (χ1n) is 14.2. The molecule has 2 atom stereocenters. The van der Waals surface area contributed by atoms with Gasteiger partial charge in [0.15, 0.2) is 11.5 Å². The molecule has 0 radical (unpaired) electrons. The molecule has 0 unspecified atom stereocenters. The van der Waals surface area contributed by atoms with E-state index in [1.165, 1.54) is 4.90 Å². The van der Waals surface area contributed by atoms with Crippen LogP contribution in [0, 0.1) is 5.92 Å². The summed E-state index contributed by atoms with van der Waals surface area (Å²) in [4.78, 5) is 54.0. The zero-order valence-corrected chi connectivity index (χ0v) is 25.0. The molecule has 1 aliphatic rings. The fourth-order valence-electron chi connectivity index (χ4n) is 4.62. The van der Waals surface area contributed by atoms with Crippen molar-refractivity contribution in [2.45, 2.75) is 51.6 Å². The summed E-state index contributed by atoms with van der Waals surface area (Å²) in [6.45, 7) is 4.49. The van der Waals surface area contributed by atoms with Crippen molar-refractivity contribution in [2.24, 2.45) is 5.92 Å². The lowest BCUT2D eigenvalue weighted by atomic mass is 10.0. The molecule has 2 aromatic carbocycles. The molecule has 0 aliphatic carbocycles. The Labute approximate surface area is 247 Å². The zero-order valence-electron chi connectivity index (χ0n) is 25.0. The van der Waals surface area contributed by atoms with E-state index in [9.17, 15) is 19.2 Å². The van der Waals surface area contributed by atoms with E-state index in [1.54, 1.807) is 45.5 Å². The van der Waals surface area contributed by atoms with E-state index in [0.29, 0.717) is 36.6 Å². The summed E-state index contributed by atoms with van der Waals surface area (Å²) in [5, 5.41) is 8.47. The number of nitrogens with zero attached hydrogens (tertiary/aromatic N) is 1. The summed E-state index contributed by atoms with van der Waals surface area (Å²) in [5.74, 6) is -0.0291. The predicted octanol–water partition coefficient (Wildman–Crippen LogP) is 2.32. The van der Waals surface area contributed by atoms with Crippen LogP contribution in [0.1, 0.15) is 49.0 Å². The van der Waals surface area contributed by atoms with Gasteiger partial charge in [-0.1, -0.05) is 32.0 Å². The third-order valence-electron chi connectivity index (χ3n) is 7.11. The first-order chi connectivity index (χ1) is 20.1. The first kappa shape index (κ1) is 32.2. The van der Waals surface area contributed by atoms with Gasteiger partial charge in [-0.15, -0.1) is 0 Å². The van der Waals surface area contributed by atoms with Gasteiger partial charge in [0.1, 0.15) is 24.4 Å². The lowest BCUT2D eigenvalue weighted by Gasteiger charge is -2.27. The Morgan fingerprint density at radius 1 is 1.07 bits per heavy atom. The van der Waals surface area contributed by atoms with Gasteiger partial charge in [0.2, 0.25) is 17.7 Å². The van der Waals surface area contributed by atoms with Gasteiger partial charge in [0, 0.05) is 20.0 Å². The van der Waals surface area contributed by atoms with Crippen molar-refractivity contribution in [1.29, 1.82) is 0 Å². The molecule has 3 N–H and O–H groups in total. The monoisotopic (exact) mass is 582 g/mol. The predicted molar refractivity (Wildman–Crippen MR) is 158 cm³/mol. The number of nitrogens with one attached hydrogen (secondary N) is 3. The summed E-state index contributed by atoms with van der Waals surface area (Å²) in [5.41, 5.74) is 1.29. The lowest BCUT2D eigenvalue weighted by Crippen LogP contribution is -2.51. The fourth-order valence-corrected chi connectivity index (χ4v) is 4.62. The second-order valence-electron chi connectivity index (χ2n) is 10.5. The third kappa shape index (κ3) is 8.86. The number of amides is 4. The van der Waals surface area contributed by atoms with Gasteiger partial charge in [-0.25, -0.2) is 0 Å². The molecule has 228 valence electrons. The highest BCUT2D eigenvalue weighted by atomic mass is 16.5. The Bertz CT molecular complexity index is 1250. The number of para-hydroxylation sites is 1. The van der Waals surface area contributed by atoms with Crippen molar-refractivity contribution in [3.8, 4) is 17.2 Å². The average Bonchev–Trinajstić information content (AvgIpc) is 2.99.